The molecule has 112 valence electrons. The summed E-state index contributed by atoms with van der Waals surface area (Å²) < 4.78 is 4.57. The van der Waals surface area contributed by atoms with Gasteiger partial charge >= 0.3 is 5.97 Å². The minimum Gasteiger partial charge on any atom is -0.507 e. The molecule has 4 heteroatoms. The highest BCUT2D eigenvalue weighted by Crippen LogP contribution is 2.21. The SMILES string of the molecule is CCOC(=O)C(=O)C=C(O)c1ccc(-c2ccccc2)cc1. The van der Waals surface area contributed by atoms with Crippen LogP contribution in [0.15, 0.2) is 60.7 Å². The average Bonchev–Trinajstić information content (AvgIpc) is 2.56. The molecule has 0 atom stereocenters. The van der Waals surface area contributed by atoms with Gasteiger partial charge in [0.25, 0.3) is 5.78 Å². The van der Waals surface area contributed by atoms with Gasteiger partial charge in [-0.05, 0) is 18.1 Å². The normalized spacial score (nSPS) is 11.0. The number of carbonyl (C=O) groups is 2. The van der Waals surface area contributed by atoms with E-state index in [0.717, 1.165) is 17.2 Å². The third-order valence-corrected chi connectivity index (χ3v) is 3.03. The van der Waals surface area contributed by atoms with E-state index in [9.17, 15) is 14.7 Å². The van der Waals surface area contributed by atoms with E-state index in [2.05, 4.69) is 4.74 Å². The molecule has 1 N–H and O–H groups in total. The number of esters is 1. The van der Waals surface area contributed by atoms with Crippen LogP contribution in [0.25, 0.3) is 16.9 Å². The van der Waals surface area contributed by atoms with E-state index in [1.807, 2.05) is 42.5 Å². The van der Waals surface area contributed by atoms with Gasteiger partial charge in [0.1, 0.15) is 5.76 Å². The summed E-state index contributed by atoms with van der Waals surface area (Å²) in [5.74, 6) is -2.13. The minimum absolute atomic E-state index is 0.116. The third-order valence-electron chi connectivity index (χ3n) is 3.03. The molecule has 0 saturated heterocycles. The molecule has 0 unspecified atom stereocenters. The lowest BCUT2D eigenvalue weighted by Crippen LogP contribution is -2.15. The van der Waals surface area contributed by atoms with Gasteiger partial charge in [0.05, 0.1) is 6.61 Å². The van der Waals surface area contributed by atoms with Crippen LogP contribution in [0.3, 0.4) is 0 Å². The van der Waals surface area contributed by atoms with Crippen molar-refractivity contribution in [3.63, 3.8) is 0 Å². The maximum atomic E-state index is 11.5. The highest BCUT2D eigenvalue weighted by molar-refractivity contribution is 6.39. The van der Waals surface area contributed by atoms with Crippen molar-refractivity contribution in [2.75, 3.05) is 6.61 Å². The smallest absolute Gasteiger partial charge is 0.379 e. The Morgan fingerprint density at radius 3 is 2.18 bits per heavy atom. The van der Waals surface area contributed by atoms with E-state index in [1.165, 1.54) is 0 Å². The molecule has 0 bridgehead atoms. The standard InChI is InChI=1S/C18H16O4/c1-2-22-18(21)17(20)12-16(19)15-10-8-14(9-11-15)13-6-4-3-5-7-13/h3-12,19H,2H2,1H3. The van der Waals surface area contributed by atoms with Gasteiger partial charge < -0.3 is 9.84 Å². The summed E-state index contributed by atoms with van der Waals surface area (Å²) >= 11 is 0. The van der Waals surface area contributed by atoms with Crippen LogP contribution in [0.4, 0.5) is 0 Å². The molecule has 22 heavy (non-hydrogen) atoms. The van der Waals surface area contributed by atoms with Crippen molar-refractivity contribution in [2.45, 2.75) is 6.92 Å². The van der Waals surface area contributed by atoms with Crippen molar-refractivity contribution in [3.05, 3.63) is 66.2 Å². The van der Waals surface area contributed by atoms with Gasteiger partial charge in [0.2, 0.25) is 0 Å². The Balaban J connectivity index is 2.16. The summed E-state index contributed by atoms with van der Waals surface area (Å²) in [4.78, 5) is 22.7. The molecule has 0 spiro atoms. The Morgan fingerprint density at radius 2 is 1.59 bits per heavy atom. The lowest BCUT2D eigenvalue weighted by atomic mass is 10.0. The molecule has 0 aliphatic carbocycles. The van der Waals surface area contributed by atoms with Crippen LogP contribution in [0.2, 0.25) is 0 Å². The number of ketones is 1. The predicted molar refractivity (Wildman–Crippen MR) is 84.1 cm³/mol. The molecule has 0 aliphatic heterocycles. The number of benzene rings is 2. The van der Waals surface area contributed by atoms with Crippen LogP contribution in [0.1, 0.15) is 12.5 Å². The van der Waals surface area contributed by atoms with Crippen LogP contribution >= 0.6 is 0 Å². The average molecular weight is 296 g/mol. The highest BCUT2D eigenvalue weighted by Gasteiger charge is 2.13. The summed E-state index contributed by atoms with van der Waals surface area (Å²) in [5, 5.41) is 9.90. The number of hydrogen-bond acceptors (Lipinski definition) is 4. The van der Waals surface area contributed by atoms with Gasteiger partial charge in [-0.2, -0.15) is 0 Å². The summed E-state index contributed by atoms with van der Waals surface area (Å²) in [7, 11) is 0. The van der Waals surface area contributed by atoms with Gasteiger partial charge in [-0.3, -0.25) is 4.79 Å². The van der Waals surface area contributed by atoms with E-state index in [0.29, 0.717) is 5.56 Å². The number of carbonyl (C=O) groups excluding carboxylic acids is 2. The molecular weight excluding hydrogens is 280 g/mol. The number of hydrogen-bond donors (Lipinski definition) is 1. The fraction of sp³-hybridized carbons (Fsp3) is 0.111. The van der Waals surface area contributed by atoms with Crippen LogP contribution in [0.5, 0.6) is 0 Å². The highest BCUT2D eigenvalue weighted by atomic mass is 16.5. The van der Waals surface area contributed by atoms with Crippen LogP contribution in [-0.2, 0) is 14.3 Å². The number of aliphatic hydroxyl groups excluding tert-OH is 1. The zero-order valence-corrected chi connectivity index (χ0v) is 12.2. The van der Waals surface area contributed by atoms with Crippen molar-refractivity contribution < 1.29 is 19.4 Å². The summed E-state index contributed by atoms with van der Waals surface area (Å²) in [5.41, 5.74) is 2.51. The van der Waals surface area contributed by atoms with E-state index >= 15 is 0 Å². The van der Waals surface area contributed by atoms with Crippen molar-refractivity contribution in [1.29, 1.82) is 0 Å². The third kappa shape index (κ3) is 3.82. The second-order valence-corrected chi connectivity index (χ2v) is 4.56. The summed E-state index contributed by atoms with van der Waals surface area (Å²) in [6.07, 6.45) is 0.871. The minimum atomic E-state index is -0.977. The first-order chi connectivity index (χ1) is 10.6. The Bertz CT molecular complexity index is 685. The molecule has 0 amide bonds. The second kappa shape index (κ2) is 7.22. The predicted octanol–water partition coefficient (Wildman–Crippen LogP) is 3.38. The molecule has 0 aromatic heterocycles. The van der Waals surface area contributed by atoms with Crippen LogP contribution in [-0.4, -0.2) is 23.5 Å². The van der Waals surface area contributed by atoms with E-state index in [1.54, 1.807) is 19.1 Å². The zero-order valence-electron chi connectivity index (χ0n) is 12.2. The van der Waals surface area contributed by atoms with Gasteiger partial charge in [0, 0.05) is 11.6 Å². The lowest BCUT2D eigenvalue weighted by Gasteiger charge is -2.04. The molecule has 0 aliphatic rings. The molecule has 4 nitrogen and oxygen atoms in total. The number of rotatable bonds is 5. The Labute approximate surface area is 128 Å². The molecule has 0 heterocycles. The first kappa shape index (κ1) is 15.5. The van der Waals surface area contributed by atoms with E-state index in [4.69, 9.17) is 0 Å². The molecule has 2 aromatic rings. The van der Waals surface area contributed by atoms with E-state index < -0.39 is 11.8 Å². The van der Waals surface area contributed by atoms with Crippen molar-refractivity contribution in [2.24, 2.45) is 0 Å². The zero-order chi connectivity index (χ0) is 15.9. The molecule has 0 fully saturated rings. The largest absolute Gasteiger partial charge is 0.507 e. The van der Waals surface area contributed by atoms with Crippen LogP contribution in [0, 0.1) is 0 Å². The fourth-order valence-electron chi connectivity index (χ4n) is 1.93. The summed E-state index contributed by atoms with van der Waals surface area (Å²) in [6.45, 7) is 1.72. The first-order valence-corrected chi connectivity index (χ1v) is 6.89. The maximum Gasteiger partial charge on any atom is 0.379 e. The molecular formula is C18H16O4. The second-order valence-electron chi connectivity index (χ2n) is 4.56. The molecule has 2 rings (SSSR count). The topological polar surface area (TPSA) is 63.6 Å². The van der Waals surface area contributed by atoms with Crippen molar-refractivity contribution >= 4 is 17.5 Å². The van der Waals surface area contributed by atoms with E-state index in [-0.39, 0.29) is 12.4 Å². The number of ether oxygens (including phenoxy) is 1. The quantitative estimate of drug-likeness (QED) is 0.397. The van der Waals surface area contributed by atoms with Crippen LogP contribution < -0.4 is 0 Å². The fourth-order valence-corrected chi connectivity index (χ4v) is 1.93. The monoisotopic (exact) mass is 296 g/mol. The molecule has 0 saturated carbocycles. The lowest BCUT2D eigenvalue weighted by molar-refractivity contribution is -0.151. The van der Waals surface area contributed by atoms with Crippen molar-refractivity contribution in [1.82, 2.24) is 0 Å². The van der Waals surface area contributed by atoms with Gasteiger partial charge in [-0.25, -0.2) is 4.79 Å². The molecule has 2 aromatic carbocycles. The van der Waals surface area contributed by atoms with Gasteiger partial charge in [-0.15, -0.1) is 0 Å². The first-order valence-electron chi connectivity index (χ1n) is 6.89. The Hall–Kier alpha value is -2.88. The maximum absolute atomic E-state index is 11.5. The number of aliphatic hydroxyl groups is 1. The van der Waals surface area contributed by atoms with Gasteiger partial charge in [0.15, 0.2) is 0 Å². The van der Waals surface area contributed by atoms with Crippen molar-refractivity contribution in [3.8, 4) is 11.1 Å². The Morgan fingerprint density at radius 1 is 1.00 bits per heavy atom. The molecule has 0 radical (unpaired) electrons. The van der Waals surface area contributed by atoms with Gasteiger partial charge in [-0.1, -0.05) is 54.6 Å². The summed E-state index contributed by atoms with van der Waals surface area (Å²) in [6, 6.07) is 16.8. The Kier molecular flexibility index (Phi) is 5.09.